The number of hydrogen-bond donors (Lipinski definition) is 1. The first kappa shape index (κ1) is 13.6. The van der Waals surface area contributed by atoms with Gasteiger partial charge in [0.1, 0.15) is 0 Å². The fourth-order valence-corrected chi connectivity index (χ4v) is 4.32. The molecule has 1 heterocycles. The predicted octanol–water partition coefficient (Wildman–Crippen LogP) is 3.86. The highest BCUT2D eigenvalue weighted by atomic mass is 32.1. The van der Waals surface area contributed by atoms with Gasteiger partial charge in [0.2, 0.25) is 0 Å². The monoisotopic (exact) mass is 278 g/mol. The first-order valence-corrected chi connectivity index (χ1v) is 8.70. The maximum atomic E-state index is 4.75. The number of aryl methyl sites for hydroxylation is 2. The van der Waals surface area contributed by atoms with Crippen molar-refractivity contribution in [2.45, 2.75) is 64.8 Å². The van der Waals surface area contributed by atoms with Crippen molar-refractivity contribution in [3.63, 3.8) is 0 Å². The number of hydrogen-bond acceptors (Lipinski definition) is 3. The molecule has 3 heteroatoms. The van der Waals surface area contributed by atoms with Crippen molar-refractivity contribution in [1.29, 1.82) is 0 Å². The Balaban J connectivity index is 1.62. The lowest BCUT2D eigenvalue weighted by Crippen LogP contribution is -2.30. The van der Waals surface area contributed by atoms with Crippen LogP contribution in [0.5, 0.6) is 0 Å². The van der Waals surface area contributed by atoms with Crippen molar-refractivity contribution in [3.05, 3.63) is 15.6 Å². The molecule has 1 aromatic rings. The summed E-state index contributed by atoms with van der Waals surface area (Å²) in [5, 5.41) is 5.12. The second-order valence-corrected chi connectivity index (χ2v) is 7.73. The number of aromatic nitrogens is 1. The van der Waals surface area contributed by atoms with Crippen LogP contribution in [0.25, 0.3) is 0 Å². The molecule has 0 aromatic carbocycles. The SMILES string of the molecule is Cc1nc(CC(CNC2CC2)C2CCCC2)sc1C. The summed E-state index contributed by atoms with van der Waals surface area (Å²) in [6.45, 7) is 5.55. The normalized spacial score (nSPS) is 22.0. The van der Waals surface area contributed by atoms with E-state index >= 15 is 0 Å². The average Bonchev–Trinajstić information content (AvgIpc) is 2.94. The van der Waals surface area contributed by atoms with Gasteiger partial charge in [-0.15, -0.1) is 11.3 Å². The van der Waals surface area contributed by atoms with Gasteiger partial charge in [-0.3, -0.25) is 0 Å². The standard InChI is InChI=1S/C16H26N2S/c1-11-12(2)19-16(18-11)9-14(10-17-15-7-8-15)13-5-3-4-6-13/h13-15,17H,3-10H2,1-2H3. The fourth-order valence-electron chi connectivity index (χ4n) is 3.29. The number of nitrogens with one attached hydrogen (secondary N) is 1. The molecule has 2 nitrogen and oxygen atoms in total. The van der Waals surface area contributed by atoms with Crippen molar-refractivity contribution >= 4 is 11.3 Å². The topological polar surface area (TPSA) is 24.9 Å². The zero-order valence-corrected chi connectivity index (χ0v) is 13.1. The third-order valence-electron chi connectivity index (χ3n) is 4.82. The van der Waals surface area contributed by atoms with Crippen LogP contribution in [0.2, 0.25) is 0 Å². The van der Waals surface area contributed by atoms with Gasteiger partial charge in [0.25, 0.3) is 0 Å². The first-order chi connectivity index (χ1) is 9.22. The Morgan fingerprint density at radius 2 is 1.95 bits per heavy atom. The quantitative estimate of drug-likeness (QED) is 0.854. The Bertz CT molecular complexity index is 397. The molecule has 1 unspecified atom stereocenters. The van der Waals surface area contributed by atoms with E-state index in [4.69, 9.17) is 4.98 Å². The highest BCUT2D eigenvalue weighted by Gasteiger charge is 2.28. The first-order valence-electron chi connectivity index (χ1n) is 7.88. The van der Waals surface area contributed by atoms with Crippen molar-refractivity contribution in [3.8, 4) is 0 Å². The molecule has 1 N–H and O–H groups in total. The largest absolute Gasteiger partial charge is 0.314 e. The van der Waals surface area contributed by atoms with Gasteiger partial charge in [-0.25, -0.2) is 4.98 Å². The lowest BCUT2D eigenvalue weighted by atomic mass is 9.88. The van der Waals surface area contributed by atoms with Gasteiger partial charge in [0.05, 0.1) is 10.7 Å². The molecule has 0 aliphatic heterocycles. The second-order valence-electron chi connectivity index (χ2n) is 6.44. The summed E-state index contributed by atoms with van der Waals surface area (Å²) < 4.78 is 0. The highest BCUT2D eigenvalue weighted by molar-refractivity contribution is 7.11. The molecular weight excluding hydrogens is 252 g/mol. The van der Waals surface area contributed by atoms with Crippen LogP contribution in [-0.2, 0) is 6.42 Å². The molecule has 2 aliphatic carbocycles. The molecule has 2 saturated carbocycles. The van der Waals surface area contributed by atoms with Crippen LogP contribution in [0.15, 0.2) is 0 Å². The maximum absolute atomic E-state index is 4.75. The van der Waals surface area contributed by atoms with Crippen LogP contribution in [-0.4, -0.2) is 17.6 Å². The van der Waals surface area contributed by atoms with Gasteiger partial charge in [0.15, 0.2) is 0 Å². The van der Waals surface area contributed by atoms with Crippen LogP contribution in [0.1, 0.15) is 54.1 Å². The van der Waals surface area contributed by atoms with Crippen LogP contribution in [0, 0.1) is 25.7 Å². The molecule has 1 atom stereocenters. The van der Waals surface area contributed by atoms with Crippen molar-refractivity contribution in [2.75, 3.05) is 6.54 Å². The van der Waals surface area contributed by atoms with E-state index in [1.165, 1.54) is 67.1 Å². The van der Waals surface area contributed by atoms with Crippen LogP contribution < -0.4 is 5.32 Å². The Kier molecular flexibility index (Phi) is 4.23. The number of thiazole rings is 1. The minimum absolute atomic E-state index is 0.813. The van der Waals surface area contributed by atoms with E-state index in [-0.39, 0.29) is 0 Å². The Morgan fingerprint density at radius 3 is 2.53 bits per heavy atom. The number of nitrogens with zero attached hydrogens (tertiary/aromatic N) is 1. The Morgan fingerprint density at radius 1 is 1.21 bits per heavy atom. The molecular formula is C16H26N2S. The van der Waals surface area contributed by atoms with E-state index in [0.717, 1.165) is 17.9 Å². The molecule has 0 spiro atoms. The minimum Gasteiger partial charge on any atom is -0.314 e. The smallest absolute Gasteiger partial charge is 0.0934 e. The van der Waals surface area contributed by atoms with Crippen LogP contribution in [0.3, 0.4) is 0 Å². The second kappa shape index (κ2) is 5.92. The lowest BCUT2D eigenvalue weighted by molar-refractivity contribution is 0.319. The van der Waals surface area contributed by atoms with Crippen LogP contribution in [0.4, 0.5) is 0 Å². The summed E-state index contributed by atoms with van der Waals surface area (Å²) in [7, 11) is 0. The molecule has 0 bridgehead atoms. The van der Waals surface area contributed by atoms with Gasteiger partial charge in [-0.1, -0.05) is 25.7 Å². The van der Waals surface area contributed by atoms with Gasteiger partial charge < -0.3 is 5.32 Å². The molecule has 0 amide bonds. The third-order valence-corrected chi connectivity index (χ3v) is 5.92. The zero-order chi connectivity index (χ0) is 13.2. The Labute approximate surface area is 121 Å². The van der Waals surface area contributed by atoms with Gasteiger partial charge in [-0.05, 0) is 45.1 Å². The van der Waals surface area contributed by atoms with E-state index in [0.29, 0.717) is 0 Å². The van der Waals surface area contributed by atoms with E-state index in [1.807, 2.05) is 11.3 Å². The van der Waals surface area contributed by atoms with Gasteiger partial charge in [-0.2, -0.15) is 0 Å². The fraction of sp³-hybridized carbons (Fsp3) is 0.812. The predicted molar refractivity (Wildman–Crippen MR) is 81.8 cm³/mol. The average molecular weight is 278 g/mol. The summed E-state index contributed by atoms with van der Waals surface area (Å²) in [6, 6.07) is 0.837. The summed E-state index contributed by atoms with van der Waals surface area (Å²) >= 11 is 1.91. The van der Waals surface area contributed by atoms with Crippen molar-refractivity contribution < 1.29 is 0 Å². The van der Waals surface area contributed by atoms with E-state index in [2.05, 4.69) is 19.2 Å². The zero-order valence-electron chi connectivity index (χ0n) is 12.2. The molecule has 19 heavy (non-hydrogen) atoms. The summed E-state index contributed by atoms with van der Waals surface area (Å²) in [6.07, 6.45) is 9.77. The highest BCUT2D eigenvalue weighted by Crippen LogP contribution is 2.34. The van der Waals surface area contributed by atoms with E-state index in [9.17, 15) is 0 Å². The van der Waals surface area contributed by atoms with Gasteiger partial charge >= 0.3 is 0 Å². The van der Waals surface area contributed by atoms with E-state index < -0.39 is 0 Å². The van der Waals surface area contributed by atoms with Gasteiger partial charge in [0, 0.05) is 17.3 Å². The molecule has 106 valence electrons. The van der Waals surface area contributed by atoms with Crippen molar-refractivity contribution in [2.24, 2.45) is 11.8 Å². The maximum Gasteiger partial charge on any atom is 0.0934 e. The lowest BCUT2D eigenvalue weighted by Gasteiger charge is -2.23. The molecule has 1 aromatic heterocycles. The summed E-state index contributed by atoms with van der Waals surface area (Å²) in [5.74, 6) is 1.75. The summed E-state index contributed by atoms with van der Waals surface area (Å²) in [5.41, 5.74) is 1.24. The molecule has 2 aliphatic rings. The third kappa shape index (κ3) is 3.57. The minimum atomic E-state index is 0.813. The van der Waals surface area contributed by atoms with Crippen LogP contribution >= 0.6 is 11.3 Å². The molecule has 2 fully saturated rings. The molecule has 0 saturated heterocycles. The Hall–Kier alpha value is -0.410. The number of rotatable bonds is 6. The molecule has 0 radical (unpaired) electrons. The van der Waals surface area contributed by atoms with E-state index in [1.54, 1.807) is 0 Å². The molecule has 3 rings (SSSR count). The van der Waals surface area contributed by atoms with Crippen molar-refractivity contribution in [1.82, 2.24) is 10.3 Å². The summed E-state index contributed by atoms with van der Waals surface area (Å²) in [4.78, 5) is 6.15.